The number of ether oxygens (including phenoxy) is 1. The molecule has 1 amide bonds. The van der Waals surface area contributed by atoms with Gasteiger partial charge >= 0.3 is 0 Å². The molecule has 0 aliphatic carbocycles. The summed E-state index contributed by atoms with van der Waals surface area (Å²) in [6.45, 7) is 3.00. The summed E-state index contributed by atoms with van der Waals surface area (Å²) in [6, 6.07) is 7.05. The van der Waals surface area contributed by atoms with Crippen LogP contribution in [-0.4, -0.2) is 30.1 Å². The molecule has 8 heteroatoms. The molecule has 5 nitrogen and oxygen atoms in total. The molecule has 0 radical (unpaired) electrons. The fraction of sp³-hybridized carbons (Fsp3) is 0.300. The van der Waals surface area contributed by atoms with Crippen molar-refractivity contribution >= 4 is 45.6 Å². The van der Waals surface area contributed by atoms with E-state index in [-0.39, 0.29) is 12.0 Å². The van der Waals surface area contributed by atoms with Gasteiger partial charge in [0.25, 0.3) is 5.91 Å². The van der Waals surface area contributed by atoms with Crippen molar-refractivity contribution in [2.45, 2.75) is 25.9 Å². The molecule has 3 aromatic rings. The molecule has 0 spiro atoms. The Hall–Kier alpha value is -1.86. The first-order valence-corrected chi connectivity index (χ1v) is 10.5. The Morgan fingerprint density at radius 3 is 2.89 bits per heavy atom. The number of amides is 1. The van der Waals surface area contributed by atoms with Crippen molar-refractivity contribution in [2.24, 2.45) is 0 Å². The highest BCUT2D eigenvalue weighted by Crippen LogP contribution is 2.34. The molecular formula is C20H18Cl2N2O3S. The summed E-state index contributed by atoms with van der Waals surface area (Å²) in [5, 5.41) is 3.54. The zero-order valence-corrected chi connectivity index (χ0v) is 17.5. The average Bonchev–Trinajstić information content (AvgIpc) is 3.41. The van der Waals surface area contributed by atoms with Crippen molar-refractivity contribution in [1.82, 2.24) is 4.98 Å². The Bertz CT molecular complexity index is 995. The van der Waals surface area contributed by atoms with E-state index in [9.17, 15) is 4.79 Å². The molecule has 3 heterocycles. The number of anilines is 1. The standard InChI is InChI=1S/C20H18Cl2N2O3S/c1-12-6-8-27-18(12)19(25)24(10-14-3-2-7-26-14)20-23-17(11-28-20)15-5-4-13(21)9-16(15)22/h4-6,8-9,11,14H,2-3,7,10H2,1H3. The number of hydrogen-bond donors (Lipinski definition) is 0. The van der Waals surface area contributed by atoms with Crippen molar-refractivity contribution in [3.63, 3.8) is 0 Å². The minimum absolute atomic E-state index is 0.00862. The number of aromatic nitrogens is 1. The van der Waals surface area contributed by atoms with E-state index in [0.717, 1.165) is 30.6 Å². The predicted molar refractivity (Wildman–Crippen MR) is 112 cm³/mol. The fourth-order valence-electron chi connectivity index (χ4n) is 3.16. The van der Waals surface area contributed by atoms with Gasteiger partial charge in [-0.3, -0.25) is 9.69 Å². The molecule has 1 aliphatic heterocycles. The number of nitrogens with zero attached hydrogens (tertiary/aromatic N) is 2. The third kappa shape index (κ3) is 3.96. The van der Waals surface area contributed by atoms with Crippen LogP contribution in [0.15, 0.2) is 40.3 Å². The van der Waals surface area contributed by atoms with Gasteiger partial charge in [-0.1, -0.05) is 23.2 Å². The minimum atomic E-state index is -0.221. The topological polar surface area (TPSA) is 55.6 Å². The van der Waals surface area contributed by atoms with Gasteiger partial charge in [-0.05, 0) is 44.0 Å². The molecule has 28 heavy (non-hydrogen) atoms. The third-order valence-corrected chi connectivity index (χ3v) is 6.05. The molecule has 4 rings (SSSR count). The molecule has 1 saturated heterocycles. The van der Waals surface area contributed by atoms with E-state index in [4.69, 9.17) is 32.4 Å². The highest BCUT2D eigenvalue weighted by Gasteiger charge is 2.29. The van der Waals surface area contributed by atoms with Gasteiger partial charge in [0.2, 0.25) is 0 Å². The number of hydrogen-bond acceptors (Lipinski definition) is 5. The maximum absolute atomic E-state index is 13.2. The first-order chi connectivity index (χ1) is 13.5. The molecule has 2 aromatic heterocycles. The Morgan fingerprint density at radius 2 is 2.21 bits per heavy atom. The third-order valence-electron chi connectivity index (χ3n) is 4.64. The lowest BCUT2D eigenvalue weighted by molar-refractivity contribution is 0.0894. The quantitative estimate of drug-likeness (QED) is 0.503. The first-order valence-electron chi connectivity index (χ1n) is 8.91. The maximum atomic E-state index is 13.2. The zero-order valence-electron chi connectivity index (χ0n) is 15.2. The van der Waals surface area contributed by atoms with Crippen LogP contribution in [-0.2, 0) is 4.74 Å². The van der Waals surface area contributed by atoms with Gasteiger partial charge in [0.05, 0.1) is 29.6 Å². The second-order valence-corrected chi connectivity index (χ2v) is 8.30. The Morgan fingerprint density at radius 1 is 1.36 bits per heavy atom. The van der Waals surface area contributed by atoms with Crippen molar-refractivity contribution in [3.05, 3.63) is 57.3 Å². The van der Waals surface area contributed by atoms with Crippen molar-refractivity contribution in [1.29, 1.82) is 0 Å². The molecule has 0 N–H and O–H groups in total. The smallest absolute Gasteiger partial charge is 0.296 e. The van der Waals surface area contributed by atoms with E-state index in [1.165, 1.54) is 17.6 Å². The second-order valence-electron chi connectivity index (χ2n) is 6.62. The molecule has 146 valence electrons. The summed E-state index contributed by atoms with van der Waals surface area (Å²) in [5.41, 5.74) is 2.26. The van der Waals surface area contributed by atoms with E-state index in [0.29, 0.717) is 33.2 Å². The minimum Gasteiger partial charge on any atom is -0.459 e. The summed E-state index contributed by atoms with van der Waals surface area (Å²) in [6.07, 6.45) is 3.43. The van der Waals surface area contributed by atoms with Crippen LogP contribution < -0.4 is 4.90 Å². The van der Waals surface area contributed by atoms with Crippen LogP contribution in [0.2, 0.25) is 10.0 Å². The molecule has 0 bridgehead atoms. The summed E-state index contributed by atoms with van der Waals surface area (Å²) in [4.78, 5) is 19.5. The highest BCUT2D eigenvalue weighted by atomic mass is 35.5. The summed E-state index contributed by atoms with van der Waals surface area (Å²) in [5.74, 6) is 0.0976. The van der Waals surface area contributed by atoms with Crippen LogP contribution >= 0.6 is 34.5 Å². The number of rotatable bonds is 5. The lowest BCUT2D eigenvalue weighted by Gasteiger charge is -2.22. The van der Waals surface area contributed by atoms with Gasteiger partial charge in [-0.25, -0.2) is 4.98 Å². The van der Waals surface area contributed by atoms with E-state index in [2.05, 4.69) is 4.98 Å². The average molecular weight is 437 g/mol. The van der Waals surface area contributed by atoms with Gasteiger partial charge in [-0.15, -0.1) is 11.3 Å². The zero-order chi connectivity index (χ0) is 19.7. The van der Waals surface area contributed by atoms with E-state index in [1.54, 1.807) is 23.1 Å². The van der Waals surface area contributed by atoms with E-state index in [1.807, 2.05) is 18.4 Å². The van der Waals surface area contributed by atoms with Crippen LogP contribution in [0, 0.1) is 6.92 Å². The first kappa shape index (κ1) is 19.5. The van der Waals surface area contributed by atoms with Crippen molar-refractivity contribution < 1.29 is 13.9 Å². The number of aryl methyl sites for hydroxylation is 1. The fourth-order valence-corrected chi connectivity index (χ4v) is 4.50. The van der Waals surface area contributed by atoms with Crippen LogP contribution in [0.3, 0.4) is 0 Å². The number of furan rings is 1. The Kier molecular flexibility index (Phi) is 5.73. The summed E-state index contributed by atoms with van der Waals surface area (Å²) >= 11 is 13.7. The van der Waals surface area contributed by atoms with Crippen LogP contribution in [0.4, 0.5) is 5.13 Å². The molecule has 1 fully saturated rings. The van der Waals surface area contributed by atoms with Crippen LogP contribution in [0.5, 0.6) is 0 Å². The van der Waals surface area contributed by atoms with Gasteiger partial charge in [0.1, 0.15) is 0 Å². The lowest BCUT2D eigenvalue weighted by Crippen LogP contribution is -2.37. The molecule has 0 saturated carbocycles. The van der Waals surface area contributed by atoms with Crippen LogP contribution in [0.1, 0.15) is 29.0 Å². The Balaban J connectivity index is 1.67. The lowest BCUT2D eigenvalue weighted by atomic mass is 10.2. The molecular weight excluding hydrogens is 419 g/mol. The second kappa shape index (κ2) is 8.25. The predicted octanol–water partition coefficient (Wildman–Crippen LogP) is 5.84. The number of thiazole rings is 1. The highest BCUT2D eigenvalue weighted by molar-refractivity contribution is 7.14. The largest absolute Gasteiger partial charge is 0.459 e. The number of benzene rings is 1. The molecule has 1 aromatic carbocycles. The van der Waals surface area contributed by atoms with Crippen molar-refractivity contribution in [2.75, 3.05) is 18.1 Å². The molecule has 1 unspecified atom stereocenters. The maximum Gasteiger partial charge on any atom is 0.296 e. The van der Waals surface area contributed by atoms with Gasteiger partial charge < -0.3 is 9.15 Å². The number of carbonyl (C=O) groups is 1. The van der Waals surface area contributed by atoms with Gasteiger partial charge in [0.15, 0.2) is 10.9 Å². The monoisotopic (exact) mass is 436 g/mol. The molecule has 1 aliphatic rings. The van der Waals surface area contributed by atoms with Crippen molar-refractivity contribution in [3.8, 4) is 11.3 Å². The molecule has 1 atom stereocenters. The van der Waals surface area contributed by atoms with Gasteiger partial charge in [0, 0.05) is 28.1 Å². The summed E-state index contributed by atoms with van der Waals surface area (Å²) in [7, 11) is 0. The SMILES string of the molecule is Cc1ccoc1C(=O)N(CC1CCCO1)c1nc(-c2ccc(Cl)cc2Cl)cs1. The number of halogens is 2. The summed E-state index contributed by atoms with van der Waals surface area (Å²) < 4.78 is 11.2. The van der Waals surface area contributed by atoms with Gasteiger partial charge in [-0.2, -0.15) is 0 Å². The number of carbonyl (C=O) groups excluding carboxylic acids is 1. The Labute approximate surface area is 176 Å². The van der Waals surface area contributed by atoms with E-state index < -0.39 is 0 Å². The van der Waals surface area contributed by atoms with Crippen LogP contribution in [0.25, 0.3) is 11.3 Å². The normalized spacial score (nSPS) is 16.5. The van der Waals surface area contributed by atoms with E-state index >= 15 is 0 Å².